The van der Waals surface area contributed by atoms with E-state index in [1.165, 1.54) is 0 Å². The lowest BCUT2D eigenvalue weighted by molar-refractivity contribution is -0.143. The number of aryl methyl sites for hydroxylation is 2. The Morgan fingerprint density at radius 1 is 1.12 bits per heavy atom. The van der Waals surface area contributed by atoms with E-state index in [2.05, 4.69) is 11.4 Å². The molecule has 1 aliphatic carbocycles. The SMILES string of the molecule is CC[C@@H](C(=O)NC1CCCC1)N(Cc1ccccc1Cl)C(=O)COc1cc(C)cc(C)c1. The van der Waals surface area contributed by atoms with Crippen LogP contribution in [0.2, 0.25) is 5.02 Å². The van der Waals surface area contributed by atoms with Crippen LogP contribution in [0.3, 0.4) is 0 Å². The molecule has 6 heteroatoms. The van der Waals surface area contributed by atoms with Crippen molar-refractivity contribution in [3.8, 4) is 5.75 Å². The summed E-state index contributed by atoms with van der Waals surface area (Å²) in [4.78, 5) is 28.1. The number of nitrogens with zero attached hydrogens (tertiary/aromatic N) is 1. The van der Waals surface area contributed by atoms with Crippen molar-refractivity contribution < 1.29 is 14.3 Å². The number of benzene rings is 2. The van der Waals surface area contributed by atoms with Crippen LogP contribution >= 0.6 is 11.6 Å². The van der Waals surface area contributed by atoms with Crippen molar-refractivity contribution in [3.63, 3.8) is 0 Å². The number of ether oxygens (including phenoxy) is 1. The van der Waals surface area contributed by atoms with Gasteiger partial charge in [0.15, 0.2) is 6.61 Å². The first-order valence-corrected chi connectivity index (χ1v) is 11.8. The highest BCUT2D eigenvalue weighted by atomic mass is 35.5. The van der Waals surface area contributed by atoms with E-state index in [1.807, 2.05) is 51.1 Å². The highest BCUT2D eigenvalue weighted by molar-refractivity contribution is 6.31. The highest BCUT2D eigenvalue weighted by Gasteiger charge is 2.31. The number of hydrogen-bond acceptors (Lipinski definition) is 3. The van der Waals surface area contributed by atoms with Gasteiger partial charge in [-0.3, -0.25) is 9.59 Å². The standard InChI is InChI=1S/C26H33ClN2O3/c1-4-24(26(31)28-21-10-6-7-11-21)29(16-20-9-5-8-12-23(20)27)25(30)17-32-22-14-18(2)13-19(3)15-22/h5,8-9,12-15,21,24H,4,6-7,10-11,16-17H2,1-3H3,(H,28,31)/t24-/m0/s1. The molecule has 2 amide bonds. The molecule has 0 bridgehead atoms. The molecule has 0 saturated heterocycles. The average Bonchev–Trinajstić information content (AvgIpc) is 3.25. The Bertz CT molecular complexity index is 920. The minimum Gasteiger partial charge on any atom is -0.484 e. The maximum Gasteiger partial charge on any atom is 0.261 e. The molecule has 0 aromatic heterocycles. The third-order valence-electron chi connectivity index (χ3n) is 5.94. The number of carbonyl (C=O) groups is 2. The van der Waals surface area contributed by atoms with Gasteiger partial charge in [-0.05, 0) is 68.0 Å². The number of carbonyl (C=O) groups excluding carboxylic acids is 2. The van der Waals surface area contributed by atoms with E-state index in [-0.39, 0.29) is 31.0 Å². The second-order valence-electron chi connectivity index (χ2n) is 8.64. The van der Waals surface area contributed by atoms with Gasteiger partial charge in [-0.25, -0.2) is 0 Å². The Kier molecular flexibility index (Phi) is 8.57. The van der Waals surface area contributed by atoms with E-state index in [0.717, 1.165) is 42.4 Å². The molecule has 1 fully saturated rings. The molecule has 0 unspecified atom stereocenters. The molecule has 1 N–H and O–H groups in total. The molecule has 2 aromatic rings. The van der Waals surface area contributed by atoms with E-state index in [9.17, 15) is 9.59 Å². The van der Waals surface area contributed by atoms with Gasteiger partial charge in [0.1, 0.15) is 11.8 Å². The van der Waals surface area contributed by atoms with Crippen molar-refractivity contribution in [3.05, 3.63) is 64.2 Å². The van der Waals surface area contributed by atoms with Crippen LogP contribution in [-0.4, -0.2) is 35.4 Å². The smallest absolute Gasteiger partial charge is 0.261 e. The van der Waals surface area contributed by atoms with Gasteiger partial charge >= 0.3 is 0 Å². The predicted molar refractivity (Wildman–Crippen MR) is 128 cm³/mol. The molecular weight excluding hydrogens is 424 g/mol. The molecule has 0 radical (unpaired) electrons. The first-order chi connectivity index (χ1) is 15.4. The summed E-state index contributed by atoms with van der Waals surface area (Å²) in [5, 5.41) is 3.72. The average molecular weight is 457 g/mol. The molecule has 5 nitrogen and oxygen atoms in total. The van der Waals surface area contributed by atoms with Crippen molar-refractivity contribution in [1.29, 1.82) is 0 Å². The van der Waals surface area contributed by atoms with Crippen molar-refractivity contribution in [2.75, 3.05) is 6.61 Å². The number of rotatable bonds is 9. The lowest BCUT2D eigenvalue weighted by atomic mass is 10.1. The summed E-state index contributed by atoms with van der Waals surface area (Å²) in [7, 11) is 0. The molecule has 1 atom stereocenters. The van der Waals surface area contributed by atoms with Gasteiger partial charge in [0, 0.05) is 17.6 Å². The zero-order chi connectivity index (χ0) is 23.1. The molecule has 2 aromatic carbocycles. The second-order valence-corrected chi connectivity index (χ2v) is 9.05. The summed E-state index contributed by atoms with van der Waals surface area (Å²) in [5.41, 5.74) is 2.95. The first kappa shape index (κ1) is 24.1. The van der Waals surface area contributed by atoms with E-state index in [1.54, 1.807) is 11.0 Å². The third-order valence-corrected chi connectivity index (χ3v) is 6.31. The summed E-state index contributed by atoms with van der Waals surface area (Å²) in [5.74, 6) is 0.306. The lowest BCUT2D eigenvalue weighted by Gasteiger charge is -2.31. The highest BCUT2D eigenvalue weighted by Crippen LogP contribution is 2.22. The van der Waals surface area contributed by atoms with Gasteiger partial charge in [-0.2, -0.15) is 0 Å². The van der Waals surface area contributed by atoms with E-state index >= 15 is 0 Å². The van der Waals surface area contributed by atoms with Crippen LogP contribution < -0.4 is 10.1 Å². The first-order valence-electron chi connectivity index (χ1n) is 11.4. The molecule has 0 aliphatic heterocycles. The molecule has 1 aliphatic rings. The number of halogens is 1. The van der Waals surface area contributed by atoms with Crippen LogP contribution in [0.1, 0.15) is 55.7 Å². The van der Waals surface area contributed by atoms with Crippen LogP contribution in [-0.2, 0) is 16.1 Å². The number of amides is 2. The molecule has 172 valence electrons. The van der Waals surface area contributed by atoms with Crippen LogP contribution in [0.5, 0.6) is 5.75 Å². The Labute approximate surface area is 196 Å². The van der Waals surface area contributed by atoms with Crippen LogP contribution in [0, 0.1) is 13.8 Å². The van der Waals surface area contributed by atoms with E-state index < -0.39 is 6.04 Å². The summed E-state index contributed by atoms with van der Waals surface area (Å²) in [6.45, 7) is 6.03. The molecule has 32 heavy (non-hydrogen) atoms. The maximum absolute atomic E-state index is 13.3. The van der Waals surface area contributed by atoms with Gasteiger partial charge in [0.25, 0.3) is 5.91 Å². The quantitative estimate of drug-likeness (QED) is 0.564. The van der Waals surface area contributed by atoms with Crippen molar-refractivity contribution in [2.24, 2.45) is 0 Å². The largest absolute Gasteiger partial charge is 0.484 e. The fourth-order valence-corrected chi connectivity index (χ4v) is 4.54. The Morgan fingerprint density at radius 2 is 1.78 bits per heavy atom. The van der Waals surface area contributed by atoms with Crippen molar-refractivity contribution in [1.82, 2.24) is 10.2 Å². The van der Waals surface area contributed by atoms with Crippen molar-refractivity contribution >= 4 is 23.4 Å². The van der Waals surface area contributed by atoms with Crippen LogP contribution in [0.15, 0.2) is 42.5 Å². The van der Waals surface area contributed by atoms with Crippen LogP contribution in [0.25, 0.3) is 0 Å². The summed E-state index contributed by atoms with van der Waals surface area (Å²) in [6.07, 6.45) is 4.77. The Balaban J connectivity index is 1.78. The molecule has 0 heterocycles. The molecule has 0 spiro atoms. The molecule has 3 rings (SSSR count). The monoisotopic (exact) mass is 456 g/mol. The van der Waals surface area contributed by atoms with E-state index in [4.69, 9.17) is 16.3 Å². The molecular formula is C26H33ClN2O3. The summed E-state index contributed by atoms with van der Waals surface area (Å²) in [6, 6.07) is 12.9. The van der Waals surface area contributed by atoms with Crippen molar-refractivity contribution in [2.45, 2.75) is 71.5 Å². The summed E-state index contributed by atoms with van der Waals surface area (Å²) >= 11 is 6.38. The number of hydrogen-bond donors (Lipinski definition) is 1. The second kappa shape index (κ2) is 11.4. The fraction of sp³-hybridized carbons (Fsp3) is 0.462. The maximum atomic E-state index is 13.3. The zero-order valence-corrected chi connectivity index (χ0v) is 20.0. The Morgan fingerprint density at radius 3 is 2.41 bits per heavy atom. The van der Waals surface area contributed by atoms with Gasteiger partial charge in [-0.1, -0.05) is 55.6 Å². The minimum absolute atomic E-state index is 0.105. The topological polar surface area (TPSA) is 58.6 Å². The van der Waals surface area contributed by atoms with Gasteiger partial charge < -0.3 is 15.0 Å². The fourth-order valence-electron chi connectivity index (χ4n) is 4.34. The lowest BCUT2D eigenvalue weighted by Crippen LogP contribution is -2.52. The summed E-state index contributed by atoms with van der Waals surface area (Å²) < 4.78 is 5.83. The van der Waals surface area contributed by atoms with Gasteiger partial charge in [0.2, 0.25) is 5.91 Å². The number of nitrogens with one attached hydrogen (secondary N) is 1. The minimum atomic E-state index is -0.581. The zero-order valence-electron chi connectivity index (χ0n) is 19.2. The normalized spacial score (nSPS) is 14.8. The predicted octanol–water partition coefficient (Wildman–Crippen LogP) is 5.20. The third kappa shape index (κ3) is 6.49. The Hall–Kier alpha value is -2.53. The van der Waals surface area contributed by atoms with Gasteiger partial charge in [-0.15, -0.1) is 0 Å². The van der Waals surface area contributed by atoms with E-state index in [0.29, 0.717) is 17.2 Å². The van der Waals surface area contributed by atoms with Gasteiger partial charge in [0.05, 0.1) is 0 Å². The van der Waals surface area contributed by atoms with Crippen LogP contribution in [0.4, 0.5) is 0 Å². The molecule has 1 saturated carbocycles.